The van der Waals surface area contributed by atoms with Gasteiger partial charge in [-0.05, 0) is 6.07 Å². The minimum Gasteiger partial charge on any atom is -0.411 e. The van der Waals surface area contributed by atoms with E-state index in [9.17, 15) is 4.79 Å². The fraction of sp³-hybridized carbons (Fsp3) is 0.100. The molecule has 0 N–H and O–H groups in total. The van der Waals surface area contributed by atoms with Gasteiger partial charge in [0, 0.05) is 18.5 Å². The summed E-state index contributed by atoms with van der Waals surface area (Å²) in [7, 11) is 1.86. The summed E-state index contributed by atoms with van der Waals surface area (Å²) in [6.45, 7) is 0.439. The van der Waals surface area contributed by atoms with Gasteiger partial charge < -0.3 is 9.30 Å². The van der Waals surface area contributed by atoms with Crippen molar-refractivity contribution in [3.05, 3.63) is 30.3 Å². The van der Waals surface area contributed by atoms with Crippen LogP contribution in [0.25, 0.3) is 10.9 Å². The Labute approximate surface area is 75.5 Å². The molecule has 3 nitrogen and oxygen atoms in total. The van der Waals surface area contributed by atoms with Gasteiger partial charge in [0.2, 0.25) is 5.88 Å². The molecule has 66 valence electrons. The van der Waals surface area contributed by atoms with E-state index >= 15 is 0 Å². The average Bonchev–Trinajstić information content (AvgIpc) is 2.46. The summed E-state index contributed by atoms with van der Waals surface area (Å²) in [6.07, 6.45) is 0. The number of rotatable bonds is 2. The molecule has 0 unspecified atom stereocenters. The van der Waals surface area contributed by atoms with E-state index in [2.05, 4.69) is 0 Å². The highest BCUT2D eigenvalue weighted by atomic mass is 16.5. The van der Waals surface area contributed by atoms with E-state index in [-0.39, 0.29) is 0 Å². The maximum Gasteiger partial charge on any atom is 0.299 e. The van der Waals surface area contributed by atoms with Gasteiger partial charge in [0.1, 0.15) is 0 Å². The van der Waals surface area contributed by atoms with Crippen molar-refractivity contribution in [1.82, 2.24) is 4.57 Å². The maximum atomic E-state index is 10.2. The summed E-state index contributed by atoms with van der Waals surface area (Å²) in [4.78, 5) is 10.2. The summed E-state index contributed by atoms with van der Waals surface area (Å²) in [5.74, 6) is 0.566. The molecule has 0 aliphatic carbocycles. The van der Waals surface area contributed by atoms with Gasteiger partial charge in [-0.2, -0.15) is 0 Å². The van der Waals surface area contributed by atoms with Gasteiger partial charge in [0.15, 0.2) is 0 Å². The van der Waals surface area contributed by atoms with Gasteiger partial charge in [-0.15, -0.1) is 0 Å². The van der Waals surface area contributed by atoms with Crippen LogP contribution in [0.2, 0.25) is 0 Å². The smallest absolute Gasteiger partial charge is 0.299 e. The third-order valence-electron chi connectivity index (χ3n) is 2.08. The highest BCUT2D eigenvalue weighted by Gasteiger charge is 2.04. The van der Waals surface area contributed by atoms with Gasteiger partial charge in [-0.25, -0.2) is 0 Å². The normalized spacial score (nSPS) is 10.2. The maximum absolute atomic E-state index is 10.2. The summed E-state index contributed by atoms with van der Waals surface area (Å²) >= 11 is 0. The molecule has 0 radical (unpaired) electrons. The summed E-state index contributed by atoms with van der Waals surface area (Å²) in [5.41, 5.74) is 1.05. The highest BCUT2D eigenvalue weighted by molar-refractivity contribution is 5.82. The number of hydrogen-bond acceptors (Lipinski definition) is 2. The van der Waals surface area contributed by atoms with Crippen LogP contribution in [0.5, 0.6) is 5.88 Å². The largest absolute Gasteiger partial charge is 0.411 e. The molecule has 0 spiro atoms. The fourth-order valence-corrected chi connectivity index (χ4v) is 1.43. The zero-order valence-corrected chi connectivity index (χ0v) is 7.23. The first-order chi connectivity index (χ1) is 6.33. The molecule has 0 bridgehead atoms. The Hall–Kier alpha value is -1.77. The minimum atomic E-state index is 0.439. The number of ether oxygens (including phenoxy) is 1. The van der Waals surface area contributed by atoms with Crippen LogP contribution in [-0.2, 0) is 11.8 Å². The monoisotopic (exact) mass is 175 g/mol. The van der Waals surface area contributed by atoms with Gasteiger partial charge in [0.05, 0.1) is 5.52 Å². The number of carbonyl (C=O) groups excluding carboxylic acids is 1. The van der Waals surface area contributed by atoms with Crippen molar-refractivity contribution in [2.75, 3.05) is 0 Å². The average molecular weight is 175 g/mol. The number of fused-ring (bicyclic) bond motifs is 1. The molecule has 0 fully saturated rings. The summed E-state index contributed by atoms with van der Waals surface area (Å²) in [6, 6.07) is 9.70. The van der Waals surface area contributed by atoms with Crippen molar-refractivity contribution in [1.29, 1.82) is 0 Å². The molecule has 1 aromatic carbocycles. The predicted octanol–water partition coefficient (Wildman–Crippen LogP) is 1.71. The van der Waals surface area contributed by atoms with Crippen LogP contribution in [0.15, 0.2) is 30.3 Å². The Morgan fingerprint density at radius 1 is 1.38 bits per heavy atom. The third-order valence-corrected chi connectivity index (χ3v) is 2.08. The number of carbonyl (C=O) groups is 1. The molecule has 13 heavy (non-hydrogen) atoms. The van der Waals surface area contributed by atoms with E-state index in [4.69, 9.17) is 4.74 Å². The lowest BCUT2D eigenvalue weighted by Gasteiger charge is -1.99. The Morgan fingerprint density at radius 3 is 2.85 bits per heavy atom. The quantitative estimate of drug-likeness (QED) is 0.650. The van der Waals surface area contributed by atoms with Crippen LogP contribution >= 0.6 is 0 Å². The summed E-state index contributed by atoms with van der Waals surface area (Å²) < 4.78 is 6.64. The Balaban J connectivity index is 2.66. The predicted molar refractivity (Wildman–Crippen MR) is 49.6 cm³/mol. The number of para-hydroxylation sites is 1. The molecule has 0 aliphatic heterocycles. The Bertz CT molecular complexity index is 445. The Morgan fingerprint density at radius 2 is 2.15 bits per heavy atom. The first-order valence-electron chi connectivity index (χ1n) is 3.97. The SMILES string of the molecule is Cn1c(OC=O)cc2ccccc21. The minimum absolute atomic E-state index is 0.439. The van der Waals surface area contributed by atoms with Gasteiger partial charge >= 0.3 is 0 Å². The number of nitrogens with zero attached hydrogens (tertiary/aromatic N) is 1. The van der Waals surface area contributed by atoms with Gasteiger partial charge in [-0.1, -0.05) is 18.2 Å². The van der Waals surface area contributed by atoms with Crippen molar-refractivity contribution in [3.63, 3.8) is 0 Å². The van der Waals surface area contributed by atoms with Gasteiger partial charge in [0.25, 0.3) is 6.47 Å². The number of aromatic nitrogens is 1. The molecule has 1 heterocycles. The van der Waals surface area contributed by atoms with Crippen molar-refractivity contribution in [2.24, 2.45) is 7.05 Å². The lowest BCUT2D eigenvalue weighted by Crippen LogP contribution is -1.95. The topological polar surface area (TPSA) is 31.2 Å². The first kappa shape index (κ1) is 7.86. The van der Waals surface area contributed by atoms with Crippen molar-refractivity contribution >= 4 is 17.4 Å². The van der Waals surface area contributed by atoms with Crippen LogP contribution in [-0.4, -0.2) is 11.0 Å². The number of benzene rings is 1. The molecule has 0 aliphatic rings. The van der Waals surface area contributed by atoms with Crippen molar-refractivity contribution in [3.8, 4) is 5.88 Å². The molecule has 0 amide bonds. The Kier molecular flexibility index (Phi) is 1.77. The number of hydrogen-bond donors (Lipinski definition) is 0. The highest BCUT2D eigenvalue weighted by Crippen LogP contribution is 2.23. The molecule has 0 atom stereocenters. The van der Waals surface area contributed by atoms with E-state index < -0.39 is 0 Å². The zero-order valence-electron chi connectivity index (χ0n) is 7.23. The van der Waals surface area contributed by atoms with Crippen molar-refractivity contribution < 1.29 is 9.53 Å². The van der Waals surface area contributed by atoms with E-state index in [0.717, 1.165) is 10.9 Å². The molecule has 2 aromatic rings. The standard InChI is InChI=1S/C10H9NO2/c1-11-9-5-3-2-4-8(9)6-10(11)13-7-12/h2-7H,1H3. The van der Waals surface area contributed by atoms with E-state index in [0.29, 0.717) is 12.4 Å². The molecular formula is C10H9NO2. The van der Waals surface area contributed by atoms with Crippen LogP contribution in [0, 0.1) is 0 Å². The fourth-order valence-electron chi connectivity index (χ4n) is 1.43. The molecule has 1 aromatic heterocycles. The van der Waals surface area contributed by atoms with Crippen LogP contribution in [0.1, 0.15) is 0 Å². The van der Waals surface area contributed by atoms with E-state index in [1.54, 1.807) is 0 Å². The second kappa shape index (κ2) is 2.94. The van der Waals surface area contributed by atoms with Gasteiger partial charge in [-0.3, -0.25) is 4.79 Å². The van der Waals surface area contributed by atoms with Crippen LogP contribution in [0.3, 0.4) is 0 Å². The molecule has 3 heteroatoms. The lowest BCUT2D eigenvalue weighted by atomic mass is 10.2. The summed E-state index contributed by atoms with van der Waals surface area (Å²) in [5, 5.41) is 1.07. The molecule has 0 saturated heterocycles. The van der Waals surface area contributed by atoms with Crippen LogP contribution < -0.4 is 4.74 Å². The third kappa shape index (κ3) is 1.18. The van der Waals surface area contributed by atoms with E-state index in [1.807, 2.05) is 41.9 Å². The number of aryl methyl sites for hydroxylation is 1. The second-order valence-electron chi connectivity index (χ2n) is 2.81. The lowest BCUT2D eigenvalue weighted by molar-refractivity contribution is -0.121. The van der Waals surface area contributed by atoms with E-state index in [1.165, 1.54) is 0 Å². The molecule has 2 rings (SSSR count). The first-order valence-corrected chi connectivity index (χ1v) is 3.97. The second-order valence-corrected chi connectivity index (χ2v) is 2.81. The van der Waals surface area contributed by atoms with Crippen molar-refractivity contribution in [2.45, 2.75) is 0 Å². The molecular weight excluding hydrogens is 166 g/mol. The van der Waals surface area contributed by atoms with Crippen LogP contribution in [0.4, 0.5) is 0 Å². The molecule has 0 saturated carbocycles. The zero-order chi connectivity index (χ0) is 9.26.